The third-order valence-electron chi connectivity index (χ3n) is 3.56. The number of nitrogens with one attached hydrogen (secondary N) is 1. The monoisotopic (exact) mass is 358 g/mol. The molecule has 3 rings (SSSR count). The van der Waals surface area contributed by atoms with Crippen LogP contribution in [0.1, 0.15) is 10.5 Å². The van der Waals surface area contributed by atoms with Gasteiger partial charge in [0.2, 0.25) is 5.91 Å². The van der Waals surface area contributed by atoms with Gasteiger partial charge in [-0.15, -0.1) is 0 Å². The van der Waals surface area contributed by atoms with Crippen LogP contribution in [0.15, 0.2) is 47.3 Å². The largest absolute Gasteiger partial charge is 0.543 e. The van der Waals surface area contributed by atoms with E-state index < -0.39 is 41.3 Å². The lowest BCUT2D eigenvalue weighted by molar-refractivity contribution is -0.255. The molecular formula is C17H10F2N3O4-. The lowest BCUT2D eigenvalue weighted by Crippen LogP contribution is -2.34. The summed E-state index contributed by atoms with van der Waals surface area (Å²) in [5.74, 6) is -4.26. The number of halogens is 2. The van der Waals surface area contributed by atoms with E-state index in [1.807, 2.05) is 0 Å². The molecule has 9 heteroatoms. The van der Waals surface area contributed by atoms with E-state index in [9.17, 15) is 28.3 Å². The Morgan fingerprint density at radius 1 is 1.12 bits per heavy atom. The number of anilines is 1. The van der Waals surface area contributed by atoms with Crippen molar-refractivity contribution in [1.82, 2.24) is 9.78 Å². The highest BCUT2D eigenvalue weighted by molar-refractivity contribution is 6.00. The van der Waals surface area contributed by atoms with Gasteiger partial charge in [-0.3, -0.25) is 9.59 Å². The second kappa shape index (κ2) is 6.71. The van der Waals surface area contributed by atoms with Gasteiger partial charge in [-0.05, 0) is 18.2 Å². The predicted molar refractivity (Wildman–Crippen MR) is 85.3 cm³/mol. The molecule has 7 nitrogen and oxygen atoms in total. The molecule has 0 fully saturated rings. The third-order valence-corrected chi connectivity index (χ3v) is 3.56. The van der Waals surface area contributed by atoms with Crippen LogP contribution in [-0.4, -0.2) is 21.7 Å². The highest BCUT2D eigenvalue weighted by Crippen LogP contribution is 2.15. The summed E-state index contributed by atoms with van der Waals surface area (Å²) in [5.41, 5.74) is -1.48. The molecule has 132 valence electrons. The quantitative estimate of drug-likeness (QED) is 0.738. The Morgan fingerprint density at radius 3 is 2.46 bits per heavy atom. The van der Waals surface area contributed by atoms with Crippen LogP contribution in [0.4, 0.5) is 14.5 Å². The van der Waals surface area contributed by atoms with E-state index in [0.29, 0.717) is 10.7 Å². The number of hydrogen-bond donors (Lipinski definition) is 1. The van der Waals surface area contributed by atoms with Gasteiger partial charge in [0.1, 0.15) is 23.9 Å². The first-order chi connectivity index (χ1) is 12.4. The van der Waals surface area contributed by atoms with E-state index >= 15 is 0 Å². The Morgan fingerprint density at radius 2 is 1.81 bits per heavy atom. The molecule has 0 bridgehead atoms. The standard InChI is InChI=1S/C17H11F2N3O4/c18-9-5-6-13(12(19)7-9)20-14(23)8-22-16(24)11-4-2-1-3-10(11)15(21-22)17(25)26/h1-7H,8H2,(H,20,23)(H,25,26)/p-1. The van der Waals surface area contributed by atoms with Crippen LogP contribution >= 0.6 is 0 Å². The Hall–Kier alpha value is -3.62. The van der Waals surface area contributed by atoms with Crippen molar-refractivity contribution < 1.29 is 23.5 Å². The molecule has 1 heterocycles. The third kappa shape index (κ3) is 3.27. The number of carboxylic acid groups (broad SMARTS) is 1. The van der Waals surface area contributed by atoms with E-state index in [1.165, 1.54) is 24.3 Å². The van der Waals surface area contributed by atoms with E-state index in [-0.39, 0.29) is 16.5 Å². The van der Waals surface area contributed by atoms with Gasteiger partial charge >= 0.3 is 0 Å². The van der Waals surface area contributed by atoms with Gasteiger partial charge in [0, 0.05) is 11.5 Å². The molecule has 1 N–H and O–H groups in total. The maximum absolute atomic E-state index is 13.6. The van der Waals surface area contributed by atoms with Gasteiger partial charge in [0.15, 0.2) is 0 Å². The van der Waals surface area contributed by atoms with E-state index in [0.717, 1.165) is 12.1 Å². The molecule has 3 aromatic rings. The van der Waals surface area contributed by atoms with Gasteiger partial charge in [-0.1, -0.05) is 18.2 Å². The fourth-order valence-corrected chi connectivity index (χ4v) is 2.41. The van der Waals surface area contributed by atoms with Gasteiger partial charge < -0.3 is 15.2 Å². The minimum atomic E-state index is -1.61. The van der Waals surface area contributed by atoms with Crippen molar-refractivity contribution in [1.29, 1.82) is 0 Å². The van der Waals surface area contributed by atoms with E-state index in [1.54, 1.807) is 0 Å². The van der Waals surface area contributed by atoms with Crippen LogP contribution < -0.4 is 16.0 Å². The van der Waals surface area contributed by atoms with Gasteiger partial charge in [-0.25, -0.2) is 13.5 Å². The Bertz CT molecular complexity index is 1100. The summed E-state index contributed by atoms with van der Waals surface area (Å²) in [5, 5.41) is 17.2. The lowest BCUT2D eigenvalue weighted by atomic mass is 10.1. The maximum Gasteiger partial charge on any atom is 0.275 e. The molecule has 26 heavy (non-hydrogen) atoms. The number of aromatic carboxylic acids is 1. The fraction of sp³-hybridized carbons (Fsp3) is 0.0588. The second-order valence-corrected chi connectivity index (χ2v) is 5.32. The number of nitrogens with zero attached hydrogens (tertiary/aromatic N) is 2. The van der Waals surface area contributed by atoms with Gasteiger partial charge in [-0.2, -0.15) is 5.10 Å². The molecule has 0 atom stereocenters. The molecule has 0 radical (unpaired) electrons. The molecule has 0 spiro atoms. The number of carbonyl (C=O) groups excluding carboxylic acids is 2. The second-order valence-electron chi connectivity index (χ2n) is 5.32. The molecule has 0 aliphatic heterocycles. The summed E-state index contributed by atoms with van der Waals surface area (Å²) < 4.78 is 27.1. The number of carbonyl (C=O) groups is 2. The van der Waals surface area contributed by atoms with Crippen LogP contribution in [0.5, 0.6) is 0 Å². The molecule has 0 aliphatic rings. The first-order valence-corrected chi connectivity index (χ1v) is 7.33. The summed E-state index contributed by atoms with van der Waals surface area (Å²) in [7, 11) is 0. The number of amides is 1. The zero-order chi connectivity index (χ0) is 18.8. The Labute approximate surface area is 144 Å². The lowest BCUT2D eigenvalue weighted by Gasteiger charge is -2.12. The highest BCUT2D eigenvalue weighted by Gasteiger charge is 2.14. The number of fused-ring (bicyclic) bond motifs is 1. The SMILES string of the molecule is O=C(Cn1nc(C(=O)[O-])c2ccccc2c1=O)Nc1ccc(F)cc1F. The fourth-order valence-electron chi connectivity index (χ4n) is 2.41. The summed E-state index contributed by atoms with van der Waals surface area (Å²) >= 11 is 0. The normalized spacial score (nSPS) is 10.7. The number of carboxylic acids is 1. The van der Waals surface area contributed by atoms with Crippen molar-refractivity contribution >= 4 is 28.3 Å². The number of benzene rings is 2. The van der Waals surface area contributed by atoms with Crippen molar-refractivity contribution in [3.8, 4) is 0 Å². The van der Waals surface area contributed by atoms with Crippen LogP contribution in [0.25, 0.3) is 10.8 Å². The van der Waals surface area contributed by atoms with E-state index in [2.05, 4.69) is 10.4 Å². The average molecular weight is 358 g/mol. The van der Waals surface area contributed by atoms with Crippen LogP contribution in [0, 0.1) is 11.6 Å². The topological polar surface area (TPSA) is 104 Å². The number of rotatable bonds is 4. The number of hydrogen-bond acceptors (Lipinski definition) is 5. The van der Waals surface area contributed by atoms with Gasteiger partial charge in [0.05, 0.1) is 17.0 Å². The molecule has 1 amide bonds. The van der Waals surface area contributed by atoms with E-state index in [4.69, 9.17) is 0 Å². The maximum atomic E-state index is 13.6. The van der Waals surface area contributed by atoms with Crippen molar-refractivity contribution in [2.45, 2.75) is 6.54 Å². The Balaban J connectivity index is 1.95. The van der Waals surface area contributed by atoms with Crippen molar-refractivity contribution in [3.05, 3.63) is 70.1 Å². The number of aromatic nitrogens is 2. The van der Waals surface area contributed by atoms with Crippen LogP contribution in [0.3, 0.4) is 0 Å². The molecule has 1 aromatic heterocycles. The highest BCUT2D eigenvalue weighted by atomic mass is 19.1. The first kappa shape index (κ1) is 17.2. The van der Waals surface area contributed by atoms with Crippen LogP contribution in [-0.2, 0) is 11.3 Å². The summed E-state index contributed by atoms with van der Waals surface area (Å²) in [6.07, 6.45) is 0. The molecular weight excluding hydrogens is 348 g/mol. The van der Waals surface area contributed by atoms with Crippen molar-refractivity contribution in [2.24, 2.45) is 0 Å². The molecule has 2 aromatic carbocycles. The van der Waals surface area contributed by atoms with Crippen molar-refractivity contribution in [2.75, 3.05) is 5.32 Å². The minimum Gasteiger partial charge on any atom is -0.543 e. The summed E-state index contributed by atoms with van der Waals surface area (Å²) in [4.78, 5) is 35.7. The predicted octanol–water partition coefficient (Wildman–Crippen LogP) is 0.677. The summed E-state index contributed by atoms with van der Waals surface area (Å²) in [6, 6.07) is 8.40. The minimum absolute atomic E-state index is 0.0439. The molecule has 0 unspecified atom stereocenters. The average Bonchev–Trinajstić information content (AvgIpc) is 2.59. The summed E-state index contributed by atoms with van der Waals surface area (Å²) in [6.45, 7) is -0.666. The van der Waals surface area contributed by atoms with Crippen molar-refractivity contribution in [3.63, 3.8) is 0 Å². The van der Waals surface area contributed by atoms with Gasteiger partial charge in [0.25, 0.3) is 5.56 Å². The molecule has 0 saturated carbocycles. The zero-order valence-corrected chi connectivity index (χ0v) is 13.0. The molecule has 0 aliphatic carbocycles. The van der Waals surface area contributed by atoms with Crippen LogP contribution in [0.2, 0.25) is 0 Å². The molecule has 0 saturated heterocycles. The Kier molecular flexibility index (Phi) is 4.44. The first-order valence-electron chi connectivity index (χ1n) is 7.33. The smallest absolute Gasteiger partial charge is 0.275 e. The zero-order valence-electron chi connectivity index (χ0n) is 13.0.